The highest BCUT2D eigenvalue weighted by atomic mass is 32.2. The first kappa shape index (κ1) is 24.3. The molecule has 0 aromatic carbocycles. The summed E-state index contributed by atoms with van der Waals surface area (Å²) in [5.41, 5.74) is 4.78. The first-order chi connectivity index (χ1) is 16.0. The van der Waals surface area contributed by atoms with Gasteiger partial charge in [-0.05, 0) is 44.2 Å². The molecular weight excluding hydrogens is 454 g/mol. The van der Waals surface area contributed by atoms with Gasteiger partial charge in [0.2, 0.25) is 0 Å². The van der Waals surface area contributed by atoms with Crippen LogP contribution in [0.25, 0.3) is 16.9 Å². The number of sulfone groups is 1. The number of hydrogen-bond donors (Lipinski definition) is 2. The Labute approximate surface area is 200 Å². The van der Waals surface area contributed by atoms with Gasteiger partial charge >= 0.3 is 0 Å². The summed E-state index contributed by atoms with van der Waals surface area (Å²) >= 11 is 0. The summed E-state index contributed by atoms with van der Waals surface area (Å²) in [5, 5.41) is 14.9. The molecule has 1 unspecified atom stereocenters. The van der Waals surface area contributed by atoms with Crippen molar-refractivity contribution in [2.75, 3.05) is 25.1 Å². The van der Waals surface area contributed by atoms with Gasteiger partial charge in [-0.25, -0.2) is 17.9 Å². The fourth-order valence-corrected chi connectivity index (χ4v) is 5.91. The van der Waals surface area contributed by atoms with Gasteiger partial charge in [-0.2, -0.15) is 10.2 Å². The van der Waals surface area contributed by atoms with E-state index >= 15 is 0 Å². The lowest BCUT2D eigenvalue weighted by Crippen LogP contribution is -2.48. The van der Waals surface area contributed by atoms with Crippen molar-refractivity contribution in [2.24, 2.45) is 0 Å². The van der Waals surface area contributed by atoms with E-state index in [4.69, 9.17) is 0 Å². The first-order valence-electron chi connectivity index (χ1n) is 11.6. The SMILES string of the molecule is Cc1cc(-c2[nH]nc(C(=O)NC3CCN(C(C)CS(C)(=O)=O)CC3)c2C(C)C)cn2ncnc12. The molecule has 1 fully saturated rings. The number of aromatic nitrogens is 5. The zero-order valence-electron chi connectivity index (χ0n) is 20.4. The predicted octanol–water partition coefficient (Wildman–Crippen LogP) is 2.18. The summed E-state index contributed by atoms with van der Waals surface area (Å²) < 4.78 is 25.0. The van der Waals surface area contributed by atoms with E-state index in [0.29, 0.717) is 5.69 Å². The van der Waals surface area contributed by atoms with E-state index in [9.17, 15) is 13.2 Å². The number of H-pyrrole nitrogens is 1. The average Bonchev–Trinajstić information content (AvgIpc) is 3.40. The summed E-state index contributed by atoms with van der Waals surface area (Å²) in [5.74, 6) is 0.0462. The first-order valence-corrected chi connectivity index (χ1v) is 13.7. The van der Waals surface area contributed by atoms with Crippen molar-refractivity contribution in [3.63, 3.8) is 0 Å². The van der Waals surface area contributed by atoms with E-state index in [1.807, 2.05) is 40.0 Å². The summed E-state index contributed by atoms with van der Waals surface area (Å²) in [6.07, 6.45) is 6.23. The van der Waals surface area contributed by atoms with Crippen LogP contribution in [0, 0.1) is 6.92 Å². The molecule has 4 heterocycles. The number of hydrogen-bond acceptors (Lipinski definition) is 7. The minimum absolute atomic E-state index is 0.0288. The van der Waals surface area contributed by atoms with Gasteiger partial charge in [-0.1, -0.05) is 13.8 Å². The molecule has 1 amide bonds. The number of fused-ring (bicyclic) bond motifs is 1. The second kappa shape index (κ2) is 9.46. The minimum atomic E-state index is -3.02. The van der Waals surface area contributed by atoms with Gasteiger partial charge in [0.15, 0.2) is 11.3 Å². The van der Waals surface area contributed by atoms with Gasteiger partial charge in [0.05, 0.1) is 11.4 Å². The maximum absolute atomic E-state index is 13.2. The molecular formula is C23H33N7O3S. The predicted molar refractivity (Wildman–Crippen MR) is 131 cm³/mol. The van der Waals surface area contributed by atoms with Crippen LogP contribution in [-0.2, 0) is 9.84 Å². The molecule has 0 radical (unpaired) electrons. The molecule has 1 aliphatic rings. The molecule has 0 spiro atoms. The van der Waals surface area contributed by atoms with Crippen LogP contribution in [0.3, 0.4) is 0 Å². The number of carbonyl (C=O) groups is 1. The largest absolute Gasteiger partial charge is 0.348 e. The highest BCUT2D eigenvalue weighted by Gasteiger charge is 2.28. The third-order valence-corrected chi connectivity index (χ3v) is 7.56. The van der Waals surface area contributed by atoms with Crippen LogP contribution in [-0.4, -0.2) is 81.2 Å². The lowest BCUT2D eigenvalue weighted by atomic mass is 9.96. The van der Waals surface area contributed by atoms with E-state index in [1.54, 1.807) is 4.52 Å². The quantitative estimate of drug-likeness (QED) is 0.523. The maximum atomic E-state index is 13.2. The molecule has 1 aliphatic heterocycles. The number of piperidine rings is 1. The summed E-state index contributed by atoms with van der Waals surface area (Å²) in [6.45, 7) is 9.53. The third kappa shape index (κ3) is 5.15. The zero-order valence-corrected chi connectivity index (χ0v) is 21.2. The summed E-state index contributed by atoms with van der Waals surface area (Å²) in [6, 6.07) is 2.03. The van der Waals surface area contributed by atoms with Crippen LogP contribution in [0.4, 0.5) is 0 Å². The molecule has 11 heteroatoms. The number of pyridine rings is 1. The lowest BCUT2D eigenvalue weighted by molar-refractivity contribution is 0.0895. The van der Waals surface area contributed by atoms with Crippen molar-refractivity contribution >= 4 is 21.4 Å². The fraction of sp³-hybridized carbons (Fsp3) is 0.565. The highest BCUT2D eigenvalue weighted by molar-refractivity contribution is 7.90. The fourth-order valence-electron chi connectivity index (χ4n) is 4.82. The van der Waals surface area contributed by atoms with Crippen LogP contribution >= 0.6 is 0 Å². The van der Waals surface area contributed by atoms with Crippen molar-refractivity contribution in [1.82, 2.24) is 35.0 Å². The van der Waals surface area contributed by atoms with Crippen LogP contribution in [0.2, 0.25) is 0 Å². The molecule has 0 aliphatic carbocycles. The van der Waals surface area contributed by atoms with Gasteiger partial charge in [0.1, 0.15) is 16.2 Å². The summed E-state index contributed by atoms with van der Waals surface area (Å²) in [4.78, 5) is 19.7. The van der Waals surface area contributed by atoms with Gasteiger partial charge in [0, 0.05) is 48.8 Å². The normalized spacial score (nSPS) is 16.9. The molecule has 34 heavy (non-hydrogen) atoms. The number of nitrogens with zero attached hydrogens (tertiary/aromatic N) is 5. The van der Waals surface area contributed by atoms with Gasteiger partial charge in [-0.15, -0.1) is 0 Å². The maximum Gasteiger partial charge on any atom is 0.272 e. The number of likely N-dealkylation sites (tertiary alicyclic amines) is 1. The topological polar surface area (TPSA) is 125 Å². The second-order valence-electron chi connectivity index (χ2n) is 9.68. The number of nitrogens with one attached hydrogen (secondary N) is 2. The van der Waals surface area contributed by atoms with Gasteiger partial charge in [-0.3, -0.25) is 14.8 Å². The molecule has 0 saturated carbocycles. The third-order valence-electron chi connectivity index (χ3n) is 6.48. The Bertz CT molecular complexity index is 1290. The molecule has 3 aromatic heterocycles. The Hall–Kier alpha value is -2.79. The van der Waals surface area contributed by atoms with Crippen molar-refractivity contribution in [3.8, 4) is 11.3 Å². The smallest absolute Gasteiger partial charge is 0.272 e. The Morgan fingerprint density at radius 1 is 1.26 bits per heavy atom. The van der Waals surface area contributed by atoms with Crippen molar-refractivity contribution in [3.05, 3.63) is 35.4 Å². The monoisotopic (exact) mass is 487 g/mol. The summed E-state index contributed by atoms with van der Waals surface area (Å²) in [7, 11) is -3.02. The van der Waals surface area contributed by atoms with Gasteiger partial charge < -0.3 is 5.32 Å². The van der Waals surface area contributed by atoms with Crippen LogP contribution in [0.15, 0.2) is 18.6 Å². The molecule has 3 aromatic rings. The van der Waals surface area contributed by atoms with Gasteiger partial charge in [0.25, 0.3) is 5.91 Å². The number of aromatic amines is 1. The number of carbonyl (C=O) groups excluding carboxylic acids is 1. The van der Waals surface area contributed by atoms with Crippen LogP contribution in [0.5, 0.6) is 0 Å². The number of amides is 1. The van der Waals surface area contributed by atoms with E-state index < -0.39 is 9.84 Å². The number of aryl methyl sites for hydroxylation is 1. The minimum Gasteiger partial charge on any atom is -0.348 e. The van der Waals surface area contributed by atoms with Crippen molar-refractivity contribution in [1.29, 1.82) is 0 Å². The molecule has 184 valence electrons. The highest BCUT2D eigenvalue weighted by Crippen LogP contribution is 2.31. The molecule has 2 N–H and O–H groups in total. The van der Waals surface area contributed by atoms with E-state index in [2.05, 4.69) is 30.5 Å². The standard InChI is InChI=1S/C23H33N7O3S/c1-14(2)19-20(17-10-15(3)22-24-13-25-30(22)11-17)27-28-21(19)23(31)26-18-6-8-29(9-7-18)16(4)12-34(5,32)33/h10-11,13-14,16,18H,6-9,12H2,1-5H3,(H,26,31)(H,27,28). The van der Waals surface area contributed by atoms with E-state index in [1.165, 1.54) is 12.6 Å². The Kier molecular flexibility index (Phi) is 6.77. The van der Waals surface area contributed by atoms with Crippen molar-refractivity contribution < 1.29 is 13.2 Å². The number of rotatable bonds is 7. The average molecular weight is 488 g/mol. The molecule has 1 atom stereocenters. The Morgan fingerprint density at radius 3 is 2.62 bits per heavy atom. The molecule has 4 rings (SSSR count). The lowest BCUT2D eigenvalue weighted by Gasteiger charge is -2.36. The molecule has 10 nitrogen and oxygen atoms in total. The van der Waals surface area contributed by atoms with Crippen LogP contribution in [0.1, 0.15) is 61.1 Å². The molecule has 1 saturated heterocycles. The van der Waals surface area contributed by atoms with Crippen molar-refractivity contribution in [2.45, 2.75) is 58.5 Å². The van der Waals surface area contributed by atoms with E-state index in [-0.39, 0.29) is 29.7 Å². The Morgan fingerprint density at radius 2 is 1.97 bits per heavy atom. The zero-order chi connectivity index (χ0) is 24.6. The molecule has 0 bridgehead atoms. The Balaban J connectivity index is 1.48. The van der Waals surface area contributed by atoms with Crippen LogP contribution < -0.4 is 5.32 Å². The van der Waals surface area contributed by atoms with E-state index in [0.717, 1.165) is 54.0 Å². The second-order valence-corrected chi connectivity index (χ2v) is 11.9.